The van der Waals surface area contributed by atoms with Crippen molar-refractivity contribution in [3.63, 3.8) is 0 Å². The van der Waals surface area contributed by atoms with Gasteiger partial charge in [0.1, 0.15) is 11.1 Å². The minimum atomic E-state index is -0.252. The highest BCUT2D eigenvalue weighted by Gasteiger charge is 2.26. The second-order valence-electron chi connectivity index (χ2n) is 7.19. The molecule has 2 atom stereocenters. The maximum Gasteiger partial charge on any atom is 0.265 e. The van der Waals surface area contributed by atoms with Gasteiger partial charge in [-0.05, 0) is 62.0 Å². The molecular formula is C19H26N2O4. The van der Waals surface area contributed by atoms with E-state index in [2.05, 4.69) is 10.5 Å². The van der Waals surface area contributed by atoms with Gasteiger partial charge < -0.3 is 24.4 Å². The summed E-state index contributed by atoms with van der Waals surface area (Å²) in [6.07, 6.45) is 4.95. The number of hydrogen-bond donors (Lipinski definition) is 2. The van der Waals surface area contributed by atoms with E-state index in [1.807, 2.05) is 18.2 Å². The van der Waals surface area contributed by atoms with E-state index in [4.69, 9.17) is 14.0 Å². The molecule has 1 saturated carbocycles. The van der Waals surface area contributed by atoms with Crippen LogP contribution in [0.2, 0.25) is 0 Å². The van der Waals surface area contributed by atoms with E-state index in [1.165, 1.54) is 0 Å². The average Bonchev–Trinajstić information content (AvgIpc) is 3.25. The largest absolute Gasteiger partial charge is 0.492 e. The fourth-order valence-electron chi connectivity index (χ4n) is 3.81. The summed E-state index contributed by atoms with van der Waals surface area (Å²) < 4.78 is 17.4. The Kier molecular flexibility index (Phi) is 5.08. The molecule has 0 radical (unpaired) electrons. The standard InChI is InChI=1S/C19H26N2O4/c22-15-4-1-3-14(15)12-23-16-5-2-6-17-18(16)19(21-25-17)24-11-13-7-9-20-10-8-13/h2,5-6,13-15,20,22H,1,3-4,7-12H2. The molecule has 1 aliphatic carbocycles. The molecule has 2 unspecified atom stereocenters. The molecule has 0 amide bonds. The van der Waals surface area contributed by atoms with Crippen LogP contribution in [0.25, 0.3) is 11.0 Å². The number of fused-ring (bicyclic) bond motifs is 1. The molecule has 2 N–H and O–H groups in total. The molecule has 6 nitrogen and oxygen atoms in total. The Labute approximate surface area is 147 Å². The van der Waals surface area contributed by atoms with Gasteiger partial charge in [-0.15, -0.1) is 0 Å². The van der Waals surface area contributed by atoms with Crippen LogP contribution >= 0.6 is 0 Å². The third kappa shape index (κ3) is 3.75. The number of ether oxygens (including phenoxy) is 2. The summed E-state index contributed by atoms with van der Waals surface area (Å²) in [6, 6.07) is 5.68. The smallest absolute Gasteiger partial charge is 0.265 e. The fourth-order valence-corrected chi connectivity index (χ4v) is 3.81. The van der Waals surface area contributed by atoms with E-state index in [1.54, 1.807) is 0 Å². The summed E-state index contributed by atoms with van der Waals surface area (Å²) in [5, 5.41) is 18.2. The van der Waals surface area contributed by atoms with Crippen molar-refractivity contribution in [2.75, 3.05) is 26.3 Å². The van der Waals surface area contributed by atoms with Crippen molar-refractivity contribution in [3.05, 3.63) is 18.2 Å². The van der Waals surface area contributed by atoms with Gasteiger partial charge in [0.05, 0.1) is 19.3 Å². The van der Waals surface area contributed by atoms with Gasteiger partial charge in [-0.1, -0.05) is 12.5 Å². The van der Waals surface area contributed by atoms with E-state index in [-0.39, 0.29) is 12.0 Å². The molecule has 1 saturated heterocycles. The number of nitrogens with zero attached hydrogens (tertiary/aromatic N) is 1. The van der Waals surface area contributed by atoms with Crippen LogP contribution in [0.3, 0.4) is 0 Å². The predicted molar refractivity (Wildman–Crippen MR) is 93.9 cm³/mol. The van der Waals surface area contributed by atoms with E-state index < -0.39 is 0 Å². The Morgan fingerprint density at radius 1 is 1.12 bits per heavy atom. The Bertz CT molecular complexity index is 696. The van der Waals surface area contributed by atoms with Crippen LogP contribution in [0.1, 0.15) is 32.1 Å². The van der Waals surface area contributed by atoms with Gasteiger partial charge in [-0.3, -0.25) is 0 Å². The minimum Gasteiger partial charge on any atom is -0.492 e. The molecule has 0 spiro atoms. The maximum atomic E-state index is 9.98. The van der Waals surface area contributed by atoms with Gasteiger partial charge in [0, 0.05) is 5.92 Å². The van der Waals surface area contributed by atoms with E-state index in [0.717, 1.165) is 56.3 Å². The van der Waals surface area contributed by atoms with Crippen molar-refractivity contribution >= 4 is 11.0 Å². The molecule has 1 aromatic heterocycles. The highest BCUT2D eigenvalue weighted by molar-refractivity contribution is 5.88. The number of rotatable bonds is 6. The van der Waals surface area contributed by atoms with Crippen molar-refractivity contribution in [2.45, 2.75) is 38.2 Å². The number of nitrogens with one attached hydrogen (secondary N) is 1. The fraction of sp³-hybridized carbons (Fsp3) is 0.632. The molecular weight excluding hydrogens is 320 g/mol. The van der Waals surface area contributed by atoms with Crippen molar-refractivity contribution in [2.24, 2.45) is 11.8 Å². The van der Waals surface area contributed by atoms with E-state index in [0.29, 0.717) is 30.6 Å². The topological polar surface area (TPSA) is 76.8 Å². The quantitative estimate of drug-likeness (QED) is 0.837. The van der Waals surface area contributed by atoms with Gasteiger partial charge in [-0.25, -0.2) is 0 Å². The van der Waals surface area contributed by atoms with Crippen LogP contribution in [0.15, 0.2) is 22.7 Å². The van der Waals surface area contributed by atoms with Gasteiger partial charge in [-0.2, -0.15) is 0 Å². The number of piperidine rings is 1. The van der Waals surface area contributed by atoms with Gasteiger partial charge in [0.25, 0.3) is 5.88 Å². The Balaban J connectivity index is 1.46. The van der Waals surface area contributed by atoms with Crippen LogP contribution in [-0.2, 0) is 0 Å². The lowest BCUT2D eigenvalue weighted by Crippen LogP contribution is -2.30. The second kappa shape index (κ2) is 7.62. The second-order valence-corrected chi connectivity index (χ2v) is 7.19. The van der Waals surface area contributed by atoms with Crippen LogP contribution in [0, 0.1) is 11.8 Å². The molecule has 2 aliphatic rings. The third-order valence-corrected chi connectivity index (χ3v) is 5.42. The number of aromatic nitrogens is 1. The van der Waals surface area contributed by atoms with Crippen molar-refractivity contribution in [1.82, 2.24) is 10.5 Å². The Hall–Kier alpha value is -1.79. The lowest BCUT2D eigenvalue weighted by Gasteiger charge is -2.22. The molecule has 1 aromatic carbocycles. The lowest BCUT2D eigenvalue weighted by molar-refractivity contribution is 0.0990. The predicted octanol–water partition coefficient (Wildman–Crippen LogP) is 2.75. The van der Waals surface area contributed by atoms with Crippen LogP contribution in [0.4, 0.5) is 0 Å². The highest BCUT2D eigenvalue weighted by Crippen LogP contribution is 2.35. The summed E-state index contributed by atoms with van der Waals surface area (Å²) >= 11 is 0. The molecule has 6 heteroatoms. The number of aliphatic hydroxyl groups is 1. The normalized spacial score (nSPS) is 24.7. The zero-order valence-corrected chi connectivity index (χ0v) is 14.4. The zero-order valence-electron chi connectivity index (χ0n) is 14.4. The first-order chi connectivity index (χ1) is 12.3. The van der Waals surface area contributed by atoms with Gasteiger partial charge in [0.2, 0.25) is 0 Å². The zero-order chi connectivity index (χ0) is 17.1. The van der Waals surface area contributed by atoms with E-state index in [9.17, 15) is 5.11 Å². The van der Waals surface area contributed by atoms with Crippen molar-refractivity contribution < 1.29 is 19.1 Å². The average molecular weight is 346 g/mol. The van der Waals surface area contributed by atoms with Crippen LogP contribution in [-0.4, -0.2) is 42.7 Å². The number of hydrogen-bond acceptors (Lipinski definition) is 6. The highest BCUT2D eigenvalue weighted by atomic mass is 16.5. The summed E-state index contributed by atoms with van der Waals surface area (Å²) in [7, 11) is 0. The molecule has 0 bridgehead atoms. The molecule has 1 aliphatic heterocycles. The van der Waals surface area contributed by atoms with Crippen molar-refractivity contribution in [3.8, 4) is 11.6 Å². The SMILES string of the molecule is OC1CCCC1COc1cccc2onc(OCC3CCNCC3)c12. The van der Waals surface area contributed by atoms with Crippen molar-refractivity contribution in [1.29, 1.82) is 0 Å². The van der Waals surface area contributed by atoms with Crippen LogP contribution < -0.4 is 14.8 Å². The Morgan fingerprint density at radius 3 is 2.80 bits per heavy atom. The van der Waals surface area contributed by atoms with E-state index >= 15 is 0 Å². The monoisotopic (exact) mass is 346 g/mol. The molecule has 2 fully saturated rings. The molecule has 4 rings (SSSR count). The number of aliphatic hydroxyl groups excluding tert-OH is 1. The molecule has 2 heterocycles. The maximum absolute atomic E-state index is 9.98. The lowest BCUT2D eigenvalue weighted by atomic mass is 9.99. The van der Waals surface area contributed by atoms with Gasteiger partial charge >= 0.3 is 0 Å². The summed E-state index contributed by atoms with van der Waals surface area (Å²) in [5.74, 6) is 1.98. The summed E-state index contributed by atoms with van der Waals surface area (Å²) in [4.78, 5) is 0. The molecule has 136 valence electrons. The third-order valence-electron chi connectivity index (χ3n) is 5.42. The minimum absolute atomic E-state index is 0.203. The first-order valence-corrected chi connectivity index (χ1v) is 9.34. The van der Waals surface area contributed by atoms with Crippen LogP contribution in [0.5, 0.6) is 11.6 Å². The first kappa shape index (κ1) is 16.7. The van der Waals surface area contributed by atoms with Gasteiger partial charge in [0.15, 0.2) is 5.58 Å². The number of benzene rings is 1. The molecule has 25 heavy (non-hydrogen) atoms. The first-order valence-electron chi connectivity index (χ1n) is 9.34. The summed E-state index contributed by atoms with van der Waals surface area (Å²) in [5.41, 5.74) is 0.671. The summed E-state index contributed by atoms with van der Waals surface area (Å²) in [6.45, 7) is 3.26. The Morgan fingerprint density at radius 2 is 2.00 bits per heavy atom. The molecule has 2 aromatic rings.